The Labute approximate surface area is 119 Å². The van der Waals surface area contributed by atoms with Crippen LogP contribution in [0.4, 0.5) is 0 Å². The molecule has 1 saturated heterocycles. The van der Waals surface area contributed by atoms with Crippen LogP contribution in [0.15, 0.2) is 29.2 Å². The van der Waals surface area contributed by atoms with E-state index in [-0.39, 0.29) is 5.91 Å². The van der Waals surface area contributed by atoms with Gasteiger partial charge in [0, 0.05) is 23.6 Å². The van der Waals surface area contributed by atoms with Crippen LogP contribution < -0.4 is 5.32 Å². The van der Waals surface area contributed by atoms with Crippen LogP contribution in [0.2, 0.25) is 0 Å². The first-order valence-electron chi connectivity index (χ1n) is 6.83. The van der Waals surface area contributed by atoms with Crippen molar-refractivity contribution in [2.24, 2.45) is 0 Å². The molecule has 0 aromatic heterocycles. The molecule has 1 unspecified atom stereocenters. The molecule has 1 aliphatic heterocycles. The highest BCUT2D eigenvalue weighted by atomic mass is 32.2. The van der Waals surface area contributed by atoms with E-state index in [1.165, 1.54) is 17.7 Å². The second-order valence-electron chi connectivity index (χ2n) is 4.76. The molecule has 1 atom stereocenters. The molecule has 0 bridgehead atoms. The van der Waals surface area contributed by atoms with E-state index in [4.69, 9.17) is 4.74 Å². The van der Waals surface area contributed by atoms with Crippen molar-refractivity contribution in [3.05, 3.63) is 29.8 Å². The molecular weight excluding hydrogens is 258 g/mol. The lowest BCUT2D eigenvalue weighted by molar-refractivity contribution is 0.0117. The number of thioether (sulfide) groups is 1. The lowest BCUT2D eigenvalue weighted by Gasteiger charge is -2.22. The number of nitrogens with one attached hydrogen (secondary N) is 1. The highest BCUT2D eigenvalue weighted by molar-refractivity contribution is 7.98. The van der Waals surface area contributed by atoms with Crippen molar-refractivity contribution in [2.75, 3.05) is 19.4 Å². The summed E-state index contributed by atoms with van der Waals surface area (Å²) in [5.74, 6) is 0.00321. The van der Waals surface area contributed by atoms with Crippen molar-refractivity contribution in [3.63, 3.8) is 0 Å². The SMILES string of the molecule is CSc1ccc(C(=O)NCCC2CCCCO2)cc1. The van der Waals surface area contributed by atoms with E-state index in [0.29, 0.717) is 12.6 Å². The highest BCUT2D eigenvalue weighted by Crippen LogP contribution is 2.16. The molecule has 3 nitrogen and oxygen atoms in total. The van der Waals surface area contributed by atoms with Crippen LogP contribution in [0, 0.1) is 0 Å². The molecular formula is C15H21NO2S. The number of rotatable bonds is 5. The highest BCUT2D eigenvalue weighted by Gasteiger charge is 2.13. The van der Waals surface area contributed by atoms with Gasteiger partial charge in [-0.15, -0.1) is 11.8 Å². The minimum atomic E-state index is 0.00321. The Morgan fingerprint density at radius 1 is 1.37 bits per heavy atom. The quantitative estimate of drug-likeness (QED) is 0.842. The zero-order valence-corrected chi connectivity index (χ0v) is 12.2. The fourth-order valence-electron chi connectivity index (χ4n) is 2.23. The molecule has 1 aliphatic rings. The summed E-state index contributed by atoms with van der Waals surface area (Å²) < 4.78 is 5.64. The Morgan fingerprint density at radius 3 is 2.79 bits per heavy atom. The predicted molar refractivity (Wildman–Crippen MR) is 78.8 cm³/mol. The van der Waals surface area contributed by atoms with E-state index in [1.54, 1.807) is 11.8 Å². The number of hydrogen-bond acceptors (Lipinski definition) is 3. The van der Waals surface area contributed by atoms with Crippen LogP contribution >= 0.6 is 11.8 Å². The van der Waals surface area contributed by atoms with E-state index in [1.807, 2.05) is 30.5 Å². The largest absolute Gasteiger partial charge is 0.378 e. The zero-order valence-electron chi connectivity index (χ0n) is 11.4. The number of benzene rings is 1. The van der Waals surface area contributed by atoms with Gasteiger partial charge in [-0.25, -0.2) is 0 Å². The van der Waals surface area contributed by atoms with E-state index in [2.05, 4.69) is 5.32 Å². The number of hydrogen-bond donors (Lipinski definition) is 1. The molecule has 19 heavy (non-hydrogen) atoms. The number of carbonyl (C=O) groups is 1. The number of carbonyl (C=O) groups excluding carboxylic acids is 1. The van der Waals surface area contributed by atoms with Crippen molar-refractivity contribution < 1.29 is 9.53 Å². The maximum atomic E-state index is 11.9. The third-order valence-corrected chi connectivity index (χ3v) is 4.12. The van der Waals surface area contributed by atoms with E-state index in [9.17, 15) is 4.79 Å². The summed E-state index contributed by atoms with van der Waals surface area (Å²) in [5, 5.41) is 2.96. The number of amides is 1. The Balaban J connectivity index is 1.73. The van der Waals surface area contributed by atoms with E-state index < -0.39 is 0 Å². The minimum Gasteiger partial charge on any atom is -0.378 e. The van der Waals surface area contributed by atoms with E-state index in [0.717, 1.165) is 25.0 Å². The molecule has 1 aromatic rings. The third kappa shape index (κ3) is 4.55. The summed E-state index contributed by atoms with van der Waals surface area (Å²) >= 11 is 1.68. The topological polar surface area (TPSA) is 38.3 Å². The Bertz CT molecular complexity index is 399. The van der Waals surface area contributed by atoms with Crippen molar-refractivity contribution in [1.82, 2.24) is 5.32 Å². The van der Waals surface area contributed by atoms with E-state index >= 15 is 0 Å². The third-order valence-electron chi connectivity index (χ3n) is 3.38. The molecule has 1 fully saturated rings. The Hall–Kier alpha value is -1.00. The molecule has 0 aliphatic carbocycles. The van der Waals surface area contributed by atoms with Gasteiger partial charge >= 0.3 is 0 Å². The second kappa shape index (κ2) is 7.56. The predicted octanol–water partition coefficient (Wildman–Crippen LogP) is 3.10. The molecule has 1 heterocycles. The molecule has 1 aromatic carbocycles. The van der Waals surface area contributed by atoms with Gasteiger partial charge in [-0.2, -0.15) is 0 Å². The lowest BCUT2D eigenvalue weighted by Crippen LogP contribution is -2.29. The van der Waals surface area contributed by atoms with Gasteiger partial charge in [0.25, 0.3) is 5.91 Å². The fourth-order valence-corrected chi connectivity index (χ4v) is 2.63. The first-order chi connectivity index (χ1) is 9.29. The number of ether oxygens (including phenoxy) is 1. The van der Waals surface area contributed by atoms with Crippen LogP contribution in [0.5, 0.6) is 0 Å². The molecule has 104 valence electrons. The second-order valence-corrected chi connectivity index (χ2v) is 5.64. The zero-order chi connectivity index (χ0) is 13.5. The molecule has 0 radical (unpaired) electrons. The Morgan fingerprint density at radius 2 is 2.16 bits per heavy atom. The summed E-state index contributed by atoms with van der Waals surface area (Å²) in [6.45, 7) is 1.56. The maximum Gasteiger partial charge on any atom is 0.251 e. The standard InChI is InChI=1S/C15H21NO2S/c1-19-14-7-5-12(6-8-14)15(17)16-10-9-13-4-2-3-11-18-13/h5-8,13H,2-4,9-11H2,1H3,(H,16,17). The summed E-state index contributed by atoms with van der Waals surface area (Å²) in [6, 6.07) is 7.70. The van der Waals surface area contributed by atoms with Gasteiger partial charge < -0.3 is 10.1 Å². The van der Waals surface area contributed by atoms with Crippen molar-refractivity contribution in [3.8, 4) is 0 Å². The first-order valence-corrected chi connectivity index (χ1v) is 8.06. The average Bonchev–Trinajstić information content (AvgIpc) is 2.48. The summed E-state index contributed by atoms with van der Waals surface area (Å²) in [4.78, 5) is 13.1. The van der Waals surface area contributed by atoms with Crippen LogP contribution in [-0.4, -0.2) is 31.4 Å². The van der Waals surface area contributed by atoms with Gasteiger partial charge in [0.15, 0.2) is 0 Å². The van der Waals surface area contributed by atoms with Crippen LogP contribution in [0.1, 0.15) is 36.0 Å². The van der Waals surface area contributed by atoms with Gasteiger partial charge in [0.05, 0.1) is 6.10 Å². The smallest absolute Gasteiger partial charge is 0.251 e. The lowest BCUT2D eigenvalue weighted by atomic mass is 10.1. The minimum absolute atomic E-state index is 0.00321. The van der Waals surface area contributed by atoms with Crippen LogP contribution in [0.3, 0.4) is 0 Å². The molecule has 4 heteroatoms. The van der Waals surface area contributed by atoms with Crippen LogP contribution in [0.25, 0.3) is 0 Å². The molecule has 2 rings (SSSR count). The normalized spacial score (nSPS) is 19.1. The van der Waals surface area contributed by atoms with Gasteiger partial charge in [0.2, 0.25) is 0 Å². The first kappa shape index (κ1) is 14.4. The summed E-state index contributed by atoms with van der Waals surface area (Å²) in [5.41, 5.74) is 0.724. The molecule has 1 amide bonds. The van der Waals surface area contributed by atoms with Crippen molar-refractivity contribution in [1.29, 1.82) is 0 Å². The van der Waals surface area contributed by atoms with Crippen molar-refractivity contribution in [2.45, 2.75) is 36.7 Å². The van der Waals surface area contributed by atoms with Gasteiger partial charge in [0.1, 0.15) is 0 Å². The fraction of sp³-hybridized carbons (Fsp3) is 0.533. The molecule has 0 saturated carbocycles. The average molecular weight is 279 g/mol. The van der Waals surface area contributed by atoms with Gasteiger partial charge in [-0.1, -0.05) is 0 Å². The summed E-state index contributed by atoms with van der Waals surface area (Å²) in [7, 11) is 0. The Kier molecular flexibility index (Phi) is 5.73. The van der Waals surface area contributed by atoms with Gasteiger partial charge in [-0.3, -0.25) is 4.79 Å². The molecule has 1 N–H and O–H groups in total. The maximum absolute atomic E-state index is 11.9. The monoisotopic (exact) mass is 279 g/mol. The van der Waals surface area contributed by atoms with Gasteiger partial charge in [-0.05, 0) is 56.2 Å². The molecule has 0 spiro atoms. The van der Waals surface area contributed by atoms with Crippen molar-refractivity contribution >= 4 is 17.7 Å². The summed E-state index contributed by atoms with van der Waals surface area (Å²) in [6.07, 6.45) is 6.80. The van der Waals surface area contributed by atoms with Crippen LogP contribution in [-0.2, 0) is 4.74 Å².